The monoisotopic (exact) mass is 346 g/mol. The van der Waals surface area contributed by atoms with Crippen LogP contribution in [0.3, 0.4) is 0 Å². The standard InChI is InChI=1S/C18H23BrN2/c1-12-8-13(2)10-15(9-12)14(3)20-17-11-16(19)6-7-18(17)21(4)5/h6-11,14,20H,1-5H3. The van der Waals surface area contributed by atoms with Crippen molar-refractivity contribution in [2.45, 2.75) is 26.8 Å². The summed E-state index contributed by atoms with van der Waals surface area (Å²) in [6.45, 7) is 6.50. The van der Waals surface area contributed by atoms with E-state index in [0.717, 1.165) is 10.2 Å². The van der Waals surface area contributed by atoms with Crippen LogP contribution in [0.4, 0.5) is 11.4 Å². The Morgan fingerprint density at radius 1 is 1.00 bits per heavy atom. The van der Waals surface area contributed by atoms with Crippen molar-refractivity contribution in [2.24, 2.45) is 0 Å². The van der Waals surface area contributed by atoms with Crippen molar-refractivity contribution < 1.29 is 0 Å². The molecular weight excluding hydrogens is 324 g/mol. The summed E-state index contributed by atoms with van der Waals surface area (Å²) in [5.41, 5.74) is 6.26. The summed E-state index contributed by atoms with van der Waals surface area (Å²) in [7, 11) is 4.13. The van der Waals surface area contributed by atoms with Crippen molar-refractivity contribution >= 4 is 27.3 Å². The van der Waals surface area contributed by atoms with Crippen LogP contribution in [0.15, 0.2) is 40.9 Å². The van der Waals surface area contributed by atoms with E-state index >= 15 is 0 Å². The van der Waals surface area contributed by atoms with Gasteiger partial charge in [-0.15, -0.1) is 0 Å². The Balaban J connectivity index is 2.30. The van der Waals surface area contributed by atoms with Gasteiger partial charge >= 0.3 is 0 Å². The predicted octanol–water partition coefficient (Wildman–Crippen LogP) is 5.31. The third-order valence-corrected chi connectivity index (χ3v) is 4.05. The van der Waals surface area contributed by atoms with E-state index in [0.29, 0.717) is 0 Å². The normalized spacial score (nSPS) is 12.1. The number of nitrogens with zero attached hydrogens (tertiary/aromatic N) is 1. The Morgan fingerprint density at radius 2 is 1.62 bits per heavy atom. The zero-order valence-corrected chi connectivity index (χ0v) is 15.0. The lowest BCUT2D eigenvalue weighted by Gasteiger charge is -2.23. The van der Waals surface area contributed by atoms with Crippen molar-refractivity contribution in [3.05, 3.63) is 57.6 Å². The molecule has 112 valence electrons. The van der Waals surface area contributed by atoms with Crippen molar-refractivity contribution in [2.75, 3.05) is 24.3 Å². The molecule has 0 aliphatic heterocycles. The lowest BCUT2D eigenvalue weighted by molar-refractivity contribution is 0.878. The summed E-state index contributed by atoms with van der Waals surface area (Å²) < 4.78 is 1.09. The second-order valence-electron chi connectivity index (χ2n) is 5.84. The van der Waals surface area contributed by atoms with Crippen LogP contribution < -0.4 is 10.2 Å². The zero-order chi connectivity index (χ0) is 15.6. The highest BCUT2D eigenvalue weighted by molar-refractivity contribution is 9.10. The number of benzene rings is 2. The highest BCUT2D eigenvalue weighted by Gasteiger charge is 2.11. The van der Waals surface area contributed by atoms with E-state index in [9.17, 15) is 0 Å². The molecule has 2 aromatic rings. The van der Waals surface area contributed by atoms with Gasteiger partial charge in [-0.25, -0.2) is 0 Å². The zero-order valence-electron chi connectivity index (χ0n) is 13.4. The molecule has 1 atom stereocenters. The molecule has 0 fully saturated rings. The molecule has 2 rings (SSSR count). The van der Waals surface area contributed by atoms with Gasteiger partial charge in [0.05, 0.1) is 11.4 Å². The Labute approximate surface area is 136 Å². The molecule has 1 N–H and O–H groups in total. The van der Waals surface area contributed by atoms with Crippen LogP contribution in [-0.4, -0.2) is 14.1 Å². The van der Waals surface area contributed by atoms with Gasteiger partial charge in [-0.05, 0) is 44.5 Å². The third-order valence-electron chi connectivity index (χ3n) is 3.56. The molecular formula is C18H23BrN2. The fourth-order valence-corrected chi connectivity index (χ4v) is 2.95. The molecule has 0 aliphatic carbocycles. The number of anilines is 2. The summed E-state index contributed by atoms with van der Waals surface area (Å²) in [6.07, 6.45) is 0. The summed E-state index contributed by atoms with van der Waals surface area (Å²) in [6, 6.07) is 13.3. The van der Waals surface area contributed by atoms with E-state index in [2.05, 4.69) is 97.4 Å². The van der Waals surface area contributed by atoms with Gasteiger partial charge < -0.3 is 10.2 Å². The van der Waals surface area contributed by atoms with Crippen LogP contribution in [-0.2, 0) is 0 Å². The van der Waals surface area contributed by atoms with Gasteiger partial charge in [0, 0.05) is 24.6 Å². The molecule has 2 nitrogen and oxygen atoms in total. The van der Waals surface area contributed by atoms with Gasteiger partial charge in [0.2, 0.25) is 0 Å². The minimum Gasteiger partial charge on any atom is -0.377 e. The fraction of sp³-hybridized carbons (Fsp3) is 0.333. The lowest BCUT2D eigenvalue weighted by Crippen LogP contribution is -2.14. The molecule has 0 spiro atoms. The molecule has 21 heavy (non-hydrogen) atoms. The van der Waals surface area contributed by atoms with E-state index in [4.69, 9.17) is 0 Å². The van der Waals surface area contributed by atoms with Crippen molar-refractivity contribution in [1.29, 1.82) is 0 Å². The third kappa shape index (κ3) is 4.01. The van der Waals surface area contributed by atoms with Crippen LogP contribution in [0.25, 0.3) is 0 Å². The number of hydrogen-bond donors (Lipinski definition) is 1. The highest BCUT2D eigenvalue weighted by Crippen LogP contribution is 2.31. The number of nitrogens with one attached hydrogen (secondary N) is 1. The van der Waals surface area contributed by atoms with Crippen LogP contribution in [0.5, 0.6) is 0 Å². The van der Waals surface area contributed by atoms with Crippen LogP contribution >= 0.6 is 15.9 Å². The van der Waals surface area contributed by atoms with Crippen molar-refractivity contribution in [3.63, 3.8) is 0 Å². The molecule has 0 bridgehead atoms. The average molecular weight is 347 g/mol. The van der Waals surface area contributed by atoms with Crippen LogP contribution in [0, 0.1) is 13.8 Å². The van der Waals surface area contributed by atoms with E-state index in [-0.39, 0.29) is 6.04 Å². The molecule has 0 aromatic heterocycles. The Morgan fingerprint density at radius 3 is 2.19 bits per heavy atom. The average Bonchev–Trinajstić information content (AvgIpc) is 2.37. The molecule has 2 aromatic carbocycles. The summed E-state index contributed by atoms with van der Waals surface area (Å²) in [4.78, 5) is 2.13. The minimum absolute atomic E-state index is 0.261. The minimum atomic E-state index is 0.261. The van der Waals surface area contributed by atoms with E-state index in [1.807, 2.05) is 0 Å². The Bertz CT molecular complexity index is 615. The van der Waals surface area contributed by atoms with Gasteiger partial charge in [0.15, 0.2) is 0 Å². The van der Waals surface area contributed by atoms with E-state index in [1.54, 1.807) is 0 Å². The SMILES string of the molecule is Cc1cc(C)cc(C(C)Nc2cc(Br)ccc2N(C)C)c1. The predicted molar refractivity (Wildman–Crippen MR) is 96.4 cm³/mol. The van der Waals surface area contributed by atoms with Crippen LogP contribution in [0.1, 0.15) is 29.7 Å². The molecule has 0 saturated carbocycles. The molecule has 1 unspecified atom stereocenters. The second-order valence-corrected chi connectivity index (χ2v) is 6.76. The van der Waals surface area contributed by atoms with Gasteiger partial charge in [-0.3, -0.25) is 0 Å². The molecule has 0 aliphatic rings. The smallest absolute Gasteiger partial charge is 0.0597 e. The van der Waals surface area contributed by atoms with Gasteiger partial charge in [-0.2, -0.15) is 0 Å². The summed E-state index contributed by atoms with van der Waals surface area (Å²) in [5.74, 6) is 0. The van der Waals surface area contributed by atoms with Crippen LogP contribution in [0.2, 0.25) is 0 Å². The van der Waals surface area contributed by atoms with E-state index < -0.39 is 0 Å². The Kier molecular flexibility index (Phi) is 4.94. The number of rotatable bonds is 4. The number of hydrogen-bond acceptors (Lipinski definition) is 2. The van der Waals surface area contributed by atoms with Gasteiger partial charge in [0.1, 0.15) is 0 Å². The Hall–Kier alpha value is -1.48. The van der Waals surface area contributed by atoms with Gasteiger partial charge in [0.25, 0.3) is 0 Å². The highest BCUT2D eigenvalue weighted by atomic mass is 79.9. The maximum absolute atomic E-state index is 3.63. The fourth-order valence-electron chi connectivity index (χ4n) is 2.59. The first kappa shape index (κ1) is 15.9. The second kappa shape index (κ2) is 6.52. The summed E-state index contributed by atoms with van der Waals surface area (Å²) in [5, 5.41) is 3.63. The quantitative estimate of drug-likeness (QED) is 0.807. The van der Waals surface area contributed by atoms with E-state index in [1.165, 1.54) is 22.4 Å². The largest absolute Gasteiger partial charge is 0.377 e. The van der Waals surface area contributed by atoms with Gasteiger partial charge in [-0.1, -0.05) is 45.3 Å². The van der Waals surface area contributed by atoms with Crippen molar-refractivity contribution in [3.8, 4) is 0 Å². The molecule has 0 radical (unpaired) electrons. The maximum atomic E-state index is 3.63. The molecule has 0 amide bonds. The topological polar surface area (TPSA) is 15.3 Å². The molecule has 0 saturated heterocycles. The first-order valence-electron chi connectivity index (χ1n) is 7.18. The number of halogens is 1. The number of aryl methyl sites for hydroxylation is 2. The first-order valence-corrected chi connectivity index (χ1v) is 7.97. The molecule has 0 heterocycles. The molecule has 3 heteroatoms. The van der Waals surface area contributed by atoms with Crippen molar-refractivity contribution in [1.82, 2.24) is 0 Å². The maximum Gasteiger partial charge on any atom is 0.0597 e. The first-order chi connectivity index (χ1) is 9.86. The summed E-state index contributed by atoms with van der Waals surface area (Å²) >= 11 is 3.56. The lowest BCUT2D eigenvalue weighted by atomic mass is 10.0.